The summed E-state index contributed by atoms with van der Waals surface area (Å²) >= 11 is 1.67. The van der Waals surface area contributed by atoms with Crippen LogP contribution in [-0.4, -0.2) is 13.2 Å². The molecule has 1 heterocycles. The van der Waals surface area contributed by atoms with E-state index in [9.17, 15) is 4.79 Å². The number of thiophene rings is 1. The minimum Gasteiger partial charge on any atom is -0.485 e. The first kappa shape index (κ1) is 13.4. The Labute approximate surface area is 116 Å². The standard InChI is InChI=1S/C14H15NO3S/c1-10(13-4-3-9-19-13)18-12-7-5-11(6-8-12)15-14(16)17-2/h3-10H,1-2H3,(H,15,16). The molecule has 4 nitrogen and oxygen atoms in total. The molecule has 2 aromatic rings. The zero-order valence-electron chi connectivity index (χ0n) is 10.8. The molecule has 0 aliphatic carbocycles. The van der Waals surface area contributed by atoms with Crippen LogP contribution in [0.15, 0.2) is 41.8 Å². The minimum absolute atomic E-state index is 0.0133. The molecule has 2 rings (SSSR count). The van der Waals surface area contributed by atoms with Gasteiger partial charge in [0.25, 0.3) is 0 Å². The highest BCUT2D eigenvalue weighted by Crippen LogP contribution is 2.25. The molecular formula is C14H15NO3S. The molecule has 1 amide bonds. The number of hydrogen-bond acceptors (Lipinski definition) is 4. The van der Waals surface area contributed by atoms with E-state index in [4.69, 9.17) is 4.74 Å². The average molecular weight is 277 g/mol. The van der Waals surface area contributed by atoms with Crippen molar-refractivity contribution in [2.75, 3.05) is 12.4 Å². The molecule has 1 aromatic heterocycles. The third-order valence-corrected chi connectivity index (χ3v) is 3.58. The molecule has 1 unspecified atom stereocenters. The van der Waals surface area contributed by atoms with Gasteiger partial charge in [0.05, 0.1) is 7.11 Å². The zero-order chi connectivity index (χ0) is 13.7. The summed E-state index contributed by atoms with van der Waals surface area (Å²) < 4.78 is 10.3. The second kappa shape index (κ2) is 6.24. The summed E-state index contributed by atoms with van der Waals surface area (Å²) in [7, 11) is 1.33. The van der Waals surface area contributed by atoms with Crippen molar-refractivity contribution in [2.24, 2.45) is 0 Å². The van der Waals surface area contributed by atoms with Crippen LogP contribution < -0.4 is 10.1 Å². The number of carbonyl (C=O) groups is 1. The van der Waals surface area contributed by atoms with Gasteiger partial charge in [-0.1, -0.05) is 6.07 Å². The highest BCUT2D eigenvalue weighted by Gasteiger charge is 2.08. The molecule has 1 aromatic carbocycles. The Hall–Kier alpha value is -2.01. The van der Waals surface area contributed by atoms with Crippen LogP contribution in [0.5, 0.6) is 5.75 Å². The molecule has 0 radical (unpaired) electrons. The van der Waals surface area contributed by atoms with Gasteiger partial charge in [-0.05, 0) is 42.6 Å². The number of ether oxygens (including phenoxy) is 2. The summed E-state index contributed by atoms with van der Waals surface area (Å²) in [6.07, 6.45) is -0.472. The van der Waals surface area contributed by atoms with Gasteiger partial charge in [0, 0.05) is 10.6 Å². The number of carbonyl (C=O) groups excluding carboxylic acids is 1. The summed E-state index contributed by atoms with van der Waals surface area (Å²) in [5, 5.41) is 4.61. The molecule has 5 heteroatoms. The fourth-order valence-electron chi connectivity index (χ4n) is 1.57. The molecule has 0 spiro atoms. The molecule has 19 heavy (non-hydrogen) atoms. The molecule has 0 aliphatic heterocycles. The minimum atomic E-state index is -0.486. The topological polar surface area (TPSA) is 47.6 Å². The fourth-order valence-corrected chi connectivity index (χ4v) is 2.28. The average Bonchev–Trinajstić information content (AvgIpc) is 2.95. The molecule has 0 fully saturated rings. The third kappa shape index (κ3) is 3.72. The Kier molecular flexibility index (Phi) is 4.41. The van der Waals surface area contributed by atoms with Crippen molar-refractivity contribution >= 4 is 23.1 Å². The molecule has 0 aliphatic rings. The number of rotatable bonds is 4. The predicted octanol–water partition coefficient (Wildman–Crippen LogP) is 4.07. The van der Waals surface area contributed by atoms with Crippen molar-refractivity contribution in [3.63, 3.8) is 0 Å². The fraction of sp³-hybridized carbons (Fsp3) is 0.214. The van der Waals surface area contributed by atoms with Crippen molar-refractivity contribution in [2.45, 2.75) is 13.0 Å². The second-order valence-corrected chi connectivity index (χ2v) is 4.90. The van der Waals surface area contributed by atoms with E-state index in [0.717, 1.165) is 5.75 Å². The number of amides is 1. The Morgan fingerprint density at radius 3 is 2.58 bits per heavy atom. The van der Waals surface area contributed by atoms with Crippen LogP contribution in [0.4, 0.5) is 10.5 Å². The zero-order valence-corrected chi connectivity index (χ0v) is 11.6. The van der Waals surface area contributed by atoms with E-state index in [1.807, 2.05) is 36.6 Å². The van der Waals surface area contributed by atoms with Crippen LogP contribution in [0, 0.1) is 0 Å². The van der Waals surface area contributed by atoms with Gasteiger partial charge >= 0.3 is 6.09 Å². The second-order valence-electron chi connectivity index (χ2n) is 3.92. The maximum Gasteiger partial charge on any atom is 0.411 e. The van der Waals surface area contributed by atoms with Crippen molar-refractivity contribution in [1.82, 2.24) is 0 Å². The highest BCUT2D eigenvalue weighted by molar-refractivity contribution is 7.10. The van der Waals surface area contributed by atoms with Gasteiger partial charge in [-0.3, -0.25) is 5.32 Å². The summed E-state index contributed by atoms with van der Waals surface area (Å²) in [4.78, 5) is 12.2. The van der Waals surface area contributed by atoms with E-state index >= 15 is 0 Å². The van der Waals surface area contributed by atoms with Crippen LogP contribution in [0.2, 0.25) is 0 Å². The smallest absolute Gasteiger partial charge is 0.411 e. The van der Waals surface area contributed by atoms with Gasteiger partial charge in [-0.25, -0.2) is 4.79 Å². The highest BCUT2D eigenvalue weighted by atomic mass is 32.1. The third-order valence-electron chi connectivity index (χ3n) is 2.54. The molecule has 1 N–H and O–H groups in total. The van der Waals surface area contributed by atoms with E-state index in [1.165, 1.54) is 12.0 Å². The summed E-state index contributed by atoms with van der Waals surface area (Å²) in [5.41, 5.74) is 0.669. The van der Waals surface area contributed by atoms with Gasteiger partial charge in [0.15, 0.2) is 0 Å². The summed E-state index contributed by atoms with van der Waals surface area (Å²) in [5.74, 6) is 0.760. The lowest BCUT2D eigenvalue weighted by molar-refractivity contribution is 0.187. The van der Waals surface area contributed by atoms with Crippen molar-refractivity contribution in [3.05, 3.63) is 46.7 Å². The van der Waals surface area contributed by atoms with Crippen LogP contribution in [-0.2, 0) is 4.74 Å². The van der Waals surface area contributed by atoms with Crippen molar-refractivity contribution in [3.8, 4) is 5.75 Å². The van der Waals surface area contributed by atoms with Crippen LogP contribution in [0.25, 0.3) is 0 Å². The van der Waals surface area contributed by atoms with Gasteiger partial charge in [-0.15, -0.1) is 11.3 Å². The Morgan fingerprint density at radius 2 is 2.00 bits per heavy atom. The molecule has 1 atom stereocenters. The van der Waals surface area contributed by atoms with Crippen LogP contribution in [0.3, 0.4) is 0 Å². The monoisotopic (exact) mass is 277 g/mol. The Morgan fingerprint density at radius 1 is 1.26 bits per heavy atom. The number of anilines is 1. The maximum absolute atomic E-state index is 11.0. The molecule has 0 saturated heterocycles. The first-order valence-corrected chi connectivity index (χ1v) is 6.72. The quantitative estimate of drug-likeness (QED) is 0.916. The Balaban J connectivity index is 1.97. The Bertz CT molecular complexity index is 522. The molecule has 0 bridgehead atoms. The largest absolute Gasteiger partial charge is 0.485 e. The van der Waals surface area contributed by atoms with Gasteiger partial charge < -0.3 is 9.47 Å². The summed E-state index contributed by atoms with van der Waals surface area (Å²) in [6, 6.07) is 11.2. The lowest BCUT2D eigenvalue weighted by atomic mass is 10.3. The molecule has 0 saturated carbocycles. The maximum atomic E-state index is 11.0. The van der Waals surface area contributed by atoms with E-state index in [2.05, 4.69) is 10.1 Å². The number of nitrogens with one attached hydrogen (secondary N) is 1. The van der Waals surface area contributed by atoms with Gasteiger partial charge in [-0.2, -0.15) is 0 Å². The first-order valence-electron chi connectivity index (χ1n) is 5.84. The van der Waals surface area contributed by atoms with Crippen LogP contribution in [0.1, 0.15) is 17.9 Å². The lowest BCUT2D eigenvalue weighted by Crippen LogP contribution is -2.10. The van der Waals surface area contributed by atoms with Gasteiger partial charge in [0.1, 0.15) is 11.9 Å². The number of methoxy groups -OCH3 is 1. The summed E-state index contributed by atoms with van der Waals surface area (Å²) in [6.45, 7) is 2.01. The van der Waals surface area contributed by atoms with E-state index < -0.39 is 6.09 Å². The van der Waals surface area contributed by atoms with Gasteiger partial charge in [0.2, 0.25) is 0 Å². The van der Waals surface area contributed by atoms with Crippen molar-refractivity contribution < 1.29 is 14.3 Å². The van der Waals surface area contributed by atoms with E-state index in [-0.39, 0.29) is 6.10 Å². The number of hydrogen-bond donors (Lipinski definition) is 1. The molecular weight excluding hydrogens is 262 g/mol. The van der Waals surface area contributed by atoms with Crippen LogP contribution >= 0.6 is 11.3 Å². The van der Waals surface area contributed by atoms with Crippen molar-refractivity contribution in [1.29, 1.82) is 0 Å². The number of benzene rings is 1. The lowest BCUT2D eigenvalue weighted by Gasteiger charge is -2.13. The normalized spacial score (nSPS) is 11.7. The van der Waals surface area contributed by atoms with E-state index in [0.29, 0.717) is 5.69 Å². The van der Waals surface area contributed by atoms with E-state index in [1.54, 1.807) is 23.5 Å². The molecule has 100 valence electrons. The first-order chi connectivity index (χ1) is 9.19. The SMILES string of the molecule is COC(=O)Nc1ccc(OC(C)c2cccs2)cc1. The predicted molar refractivity (Wildman–Crippen MR) is 75.8 cm³/mol.